The second-order valence-corrected chi connectivity index (χ2v) is 10.9. The van der Waals surface area contributed by atoms with Gasteiger partial charge in [0.1, 0.15) is 0 Å². The summed E-state index contributed by atoms with van der Waals surface area (Å²) < 4.78 is 4.88. The Kier molecular flexibility index (Phi) is 5.10. The lowest BCUT2D eigenvalue weighted by Gasteiger charge is -2.19. The standard InChI is InChI=1S/C36H24N2S/c1-2-13-25(14-3-1)39-36-34(37-30-19-8-4-15-26(30)27-16-5-9-20-31(27)37)23-12-24-35(36)38-32-21-10-6-17-28(32)29-18-7-11-22-33(29)38/h1-24H. The lowest BCUT2D eigenvalue weighted by atomic mass is 10.2. The number of benzene rings is 6. The quantitative estimate of drug-likeness (QED) is 0.226. The Morgan fingerprint density at radius 2 is 0.692 bits per heavy atom. The van der Waals surface area contributed by atoms with Crippen LogP contribution in [0.4, 0.5) is 0 Å². The normalized spacial score (nSPS) is 11.7. The molecule has 0 amide bonds. The fourth-order valence-corrected chi connectivity index (χ4v) is 7.00. The number of nitrogens with zero attached hydrogens (tertiary/aromatic N) is 2. The van der Waals surface area contributed by atoms with E-state index in [2.05, 4.69) is 155 Å². The van der Waals surface area contributed by atoms with Gasteiger partial charge in [0, 0.05) is 26.4 Å². The molecule has 0 unspecified atom stereocenters. The molecule has 0 bridgehead atoms. The molecule has 0 fully saturated rings. The average Bonchev–Trinajstić information content (AvgIpc) is 3.51. The van der Waals surface area contributed by atoms with Crippen molar-refractivity contribution in [2.24, 2.45) is 0 Å². The minimum Gasteiger partial charge on any atom is -0.308 e. The van der Waals surface area contributed by atoms with Crippen LogP contribution in [0.15, 0.2) is 155 Å². The zero-order chi connectivity index (χ0) is 25.8. The molecule has 0 saturated carbocycles. The topological polar surface area (TPSA) is 9.86 Å². The van der Waals surface area contributed by atoms with Gasteiger partial charge >= 0.3 is 0 Å². The summed E-state index contributed by atoms with van der Waals surface area (Å²) in [5, 5.41) is 5.08. The molecule has 2 aromatic heterocycles. The van der Waals surface area contributed by atoms with Gasteiger partial charge in [-0.25, -0.2) is 0 Å². The van der Waals surface area contributed by atoms with Crippen LogP contribution in [0, 0.1) is 0 Å². The van der Waals surface area contributed by atoms with Gasteiger partial charge in [-0.2, -0.15) is 0 Å². The maximum absolute atomic E-state index is 2.44. The fourth-order valence-electron chi connectivity index (χ4n) is 5.94. The highest BCUT2D eigenvalue weighted by Crippen LogP contribution is 2.43. The van der Waals surface area contributed by atoms with Crippen molar-refractivity contribution in [2.75, 3.05) is 0 Å². The van der Waals surface area contributed by atoms with Crippen LogP contribution in [0.5, 0.6) is 0 Å². The van der Waals surface area contributed by atoms with Crippen molar-refractivity contribution in [3.05, 3.63) is 146 Å². The van der Waals surface area contributed by atoms with Crippen LogP contribution in [0.25, 0.3) is 55.0 Å². The summed E-state index contributed by atoms with van der Waals surface area (Å²) in [7, 11) is 0. The van der Waals surface area contributed by atoms with Crippen molar-refractivity contribution in [2.45, 2.75) is 9.79 Å². The zero-order valence-corrected chi connectivity index (χ0v) is 22.0. The summed E-state index contributed by atoms with van der Waals surface area (Å²) in [5.74, 6) is 0. The highest BCUT2D eigenvalue weighted by atomic mass is 32.2. The Morgan fingerprint density at radius 3 is 1.10 bits per heavy atom. The Hall–Kier alpha value is -4.73. The summed E-state index contributed by atoms with van der Waals surface area (Å²) in [4.78, 5) is 2.44. The third-order valence-electron chi connectivity index (χ3n) is 7.58. The Morgan fingerprint density at radius 1 is 0.333 bits per heavy atom. The highest BCUT2D eigenvalue weighted by molar-refractivity contribution is 7.99. The molecule has 39 heavy (non-hydrogen) atoms. The van der Waals surface area contributed by atoms with Crippen LogP contribution in [0.1, 0.15) is 0 Å². The van der Waals surface area contributed by atoms with Crippen LogP contribution in [-0.2, 0) is 0 Å². The van der Waals surface area contributed by atoms with Gasteiger partial charge in [-0.3, -0.25) is 0 Å². The lowest BCUT2D eigenvalue weighted by molar-refractivity contribution is 1.06. The Bertz CT molecular complexity index is 1910. The van der Waals surface area contributed by atoms with E-state index in [1.165, 1.54) is 64.8 Å². The zero-order valence-electron chi connectivity index (χ0n) is 21.2. The number of para-hydroxylation sites is 4. The molecule has 2 heterocycles. The molecule has 0 aliphatic carbocycles. The first-order valence-electron chi connectivity index (χ1n) is 13.2. The number of fused-ring (bicyclic) bond motifs is 6. The minimum absolute atomic E-state index is 1.18. The van der Waals surface area contributed by atoms with E-state index in [0.717, 1.165) is 0 Å². The van der Waals surface area contributed by atoms with Crippen LogP contribution in [0.2, 0.25) is 0 Å². The van der Waals surface area contributed by atoms with Gasteiger partial charge in [0.25, 0.3) is 0 Å². The van der Waals surface area contributed by atoms with Crippen molar-refractivity contribution in [1.29, 1.82) is 0 Å². The van der Waals surface area contributed by atoms with Gasteiger partial charge in [0.15, 0.2) is 0 Å². The van der Waals surface area contributed by atoms with E-state index in [-0.39, 0.29) is 0 Å². The fraction of sp³-hybridized carbons (Fsp3) is 0. The molecule has 0 spiro atoms. The lowest BCUT2D eigenvalue weighted by Crippen LogP contribution is -2.02. The molecule has 8 rings (SSSR count). The summed E-state index contributed by atoms with van der Waals surface area (Å²) in [6.07, 6.45) is 0. The van der Waals surface area contributed by atoms with E-state index in [4.69, 9.17) is 0 Å². The van der Waals surface area contributed by atoms with E-state index in [0.29, 0.717) is 0 Å². The summed E-state index contributed by atoms with van der Waals surface area (Å²) in [6, 6.07) is 52.4. The van der Waals surface area contributed by atoms with Crippen molar-refractivity contribution < 1.29 is 0 Å². The van der Waals surface area contributed by atoms with Gasteiger partial charge in [0.05, 0.1) is 38.3 Å². The number of hydrogen-bond acceptors (Lipinski definition) is 1. The van der Waals surface area contributed by atoms with Crippen molar-refractivity contribution >= 4 is 55.4 Å². The molecule has 2 nitrogen and oxygen atoms in total. The molecule has 0 aliphatic heterocycles. The minimum atomic E-state index is 1.18. The molecule has 0 saturated heterocycles. The smallest absolute Gasteiger partial charge is 0.0622 e. The van der Waals surface area contributed by atoms with Gasteiger partial charge in [-0.15, -0.1) is 0 Å². The maximum atomic E-state index is 2.44. The number of hydrogen-bond donors (Lipinski definition) is 0. The third kappa shape index (κ3) is 3.44. The summed E-state index contributed by atoms with van der Waals surface area (Å²) >= 11 is 1.83. The third-order valence-corrected chi connectivity index (χ3v) is 8.71. The number of rotatable bonds is 4. The van der Waals surface area contributed by atoms with Crippen molar-refractivity contribution in [3.63, 3.8) is 0 Å². The first-order chi connectivity index (χ1) is 19.4. The first-order valence-corrected chi connectivity index (χ1v) is 14.0. The predicted molar refractivity (Wildman–Crippen MR) is 166 cm³/mol. The molecule has 0 radical (unpaired) electrons. The van der Waals surface area contributed by atoms with E-state index >= 15 is 0 Å². The van der Waals surface area contributed by atoms with Crippen LogP contribution in [0.3, 0.4) is 0 Å². The largest absolute Gasteiger partial charge is 0.308 e. The van der Waals surface area contributed by atoms with Crippen LogP contribution in [-0.4, -0.2) is 9.13 Å². The Labute approximate surface area is 230 Å². The van der Waals surface area contributed by atoms with Gasteiger partial charge in [-0.05, 0) is 48.5 Å². The second-order valence-electron chi connectivity index (χ2n) is 9.78. The molecule has 0 aliphatic rings. The van der Waals surface area contributed by atoms with E-state index < -0.39 is 0 Å². The van der Waals surface area contributed by atoms with Crippen LogP contribution < -0.4 is 0 Å². The monoisotopic (exact) mass is 516 g/mol. The summed E-state index contributed by atoms with van der Waals surface area (Å²) in [6.45, 7) is 0. The van der Waals surface area contributed by atoms with Gasteiger partial charge in [0.2, 0.25) is 0 Å². The van der Waals surface area contributed by atoms with Crippen LogP contribution >= 0.6 is 11.8 Å². The average molecular weight is 517 g/mol. The Balaban J connectivity index is 1.51. The van der Waals surface area contributed by atoms with Gasteiger partial charge < -0.3 is 9.13 Å². The van der Waals surface area contributed by atoms with Crippen molar-refractivity contribution in [3.8, 4) is 11.4 Å². The maximum Gasteiger partial charge on any atom is 0.0622 e. The van der Waals surface area contributed by atoms with E-state index in [1.54, 1.807) is 0 Å². The predicted octanol–water partition coefficient (Wildman–Crippen LogP) is 10.0. The highest BCUT2D eigenvalue weighted by Gasteiger charge is 2.20. The molecule has 6 aromatic carbocycles. The molecular weight excluding hydrogens is 492 g/mol. The molecule has 184 valence electrons. The molecule has 0 atom stereocenters. The van der Waals surface area contributed by atoms with E-state index in [1.807, 2.05) is 11.8 Å². The summed E-state index contributed by atoms with van der Waals surface area (Å²) in [5.41, 5.74) is 7.23. The second kappa shape index (κ2) is 8.93. The van der Waals surface area contributed by atoms with Crippen molar-refractivity contribution in [1.82, 2.24) is 9.13 Å². The molecule has 3 heteroatoms. The molecular formula is C36H24N2S. The van der Waals surface area contributed by atoms with E-state index in [9.17, 15) is 0 Å². The SMILES string of the molecule is c1ccc(Sc2c(-n3c4ccccc4c4ccccc43)cccc2-n2c3ccccc3c3ccccc32)cc1. The first kappa shape index (κ1) is 22.3. The van der Waals surface area contributed by atoms with Gasteiger partial charge in [-0.1, -0.05) is 109 Å². The molecule has 0 N–H and O–H groups in total. The number of aromatic nitrogens is 2. The molecule has 8 aromatic rings.